The predicted octanol–water partition coefficient (Wildman–Crippen LogP) is 4.59. The number of halogens is 4. The molecule has 1 aromatic heterocycles. The van der Waals surface area contributed by atoms with Crippen molar-refractivity contribution in [2.45, 2.75) is 31.8 Å². The van der Waals surface area contributed by atoms with E-state index in [2.05, 4.69) is 42.3 Å². The third kappa shape index (κ3) is 7.08. The van der Waals surface area contributed by atoms with Crippen LogP contribution in [0.25, 0.3) is 11.1 Å². The molecular weight excluding hydrogens is 526 g/mol. The maximum Gasteiger partial charge on any atom is 0.573 e. The van der Waals surface area contributed by atoms with Crippen LogP contribution < -0.4 is 20.3 Å². The molecule has 2 aromatic carbocycles. The summed E-state index contributed by atoms with van der Waals surface area (Å²) >= 11 is 0. The number of rotatable bonds is 7. The zero-order valence-corrected chi connectivity index (χ0v) is 21.9. The molecule has 2 aliphatic rings. The Bertz CT molecular complexity index is 1290. The van der Waals surface area contributed by atoms with Crippen LogP contribution in [0.1, 0.15) is 28.8 Å². The molecular formula is C29H31F4N5O2. The summed E-state index contributed by atoms with van der Waals surface area (Å²) in [6.45, 7) is 6.19. The molecule has 7 nitrogen and oxygen atoms in total. The highest BCUT2D eigenvalue weighted by Crippen LogP contribution is 2.29. The van der Waals surface area contributed by atoms with E-state index in [4.69, 9.17) is 0 Å². The van der Waals surface area contributed by atoms with Gasteiger partial charge in [-0.2, -0.15) is 0 Å². The zero-order valence-electron chi connectivity index (χ0n) is 21.9. The minimum Gasteiger partial charge on any atom is -0.406 e. The number of carbonyl (C=O) groups excluding carboxylic acids is 1. The topological polar surface area (TPSA) is 69.7 Å². The van der Waals surface area contributed by atoms with Crippen LogP contribution in [-0.4, -0.2) is 67.5 Å². The summed E-state index contributed by atoms with van der Waals surface area (Å²) in [6.07, 6.45) is -1.41. The fraction of sp³-hybridized carbons (Fsp3) is 0.379. The van der Waals surface area contributed by atoms with Crippen molar-refractivity contribution in [3.8, 4) is 16.9 Å². The van der Waals surface area contributed by atoms with Gasteiger partial charge in [0.05, 0.1) is 5.56 Å². The highest BCUT2D eigenvalue weighted by atomic mass is 19.4. The summed E-state index contributed by atoms with van der Waals surface area (Å²) in [5, 5.41) is 6.28. The molecule has 1 amide bonds. The van der Waals surface area contributed by atoms with Gasteiger partial charge in [0.1, 0.15) is 17.4 Å². The minimum absolute atomic E-state index is 0.0844. The summed E-state index contributed by atoms with van der Waals surface area (Å²) in [6, 6.07) is 13.4. The number of benzene rings is 2. The van der Waals surface area contributed by atoms with Crippen molar-refractivity contribution in [3.05, 3.63) is 77.7 Å². The fourth-order valence-corrected chi connectivity index (χ4v) is 5.11. The highest BCUT2D eigenvalue weighted by Gasteiger charge is 2.31. The Labute approximate surface area is 230 Å². The molecule has 2 saturated heterocycles. The number of anilines is 1. The fourth-order valence-electron chi connectivity index (χ4n) is 5.11. The summed E-state index contributed by atoms with van der Waals surface area (Å²) in [7, 11) is 0. The quantitative estimate of drug-likeness (QED) is 0.415. The number of nitrogens with one attached hydrogen (secondary N) is 2. The smallest absolute Gasteiger partial charge is 0.406 e. The maximum absolute atomic E-state index is 15.3. The first-order valence-electron chi connectivity index (χ1n) is 13.3. The van der Waals surface area contributed by atoms with Crippen molar-refractivity contribution in [3.63, 3.8) is 0 Å². The van der Waals surface area contributed by atoms with Gasteiger partial charge < -0.3 is 20.3 Å². The van der Waals surface area contributed by atoms with Gasteiger partial charge in [-0.15, -0.1) is 13.2 Å². The number of piperidine rings is 1. The number of carbonyl (C=O) groups is 1. The van der Waals surface area contributed by atoms with Gasteiger partial charge in [0.15, 0.2) is 0 Å². The van der Waals surface area contributed by atoms with E-state index in [9.17, 15) is 18.0 Å². The van der Waals surface area contributed by atoms with Gasteiger partial charge in [0, 0.05) is 63.6 Å². The Morgan fingerprint density at radius 3 is 2.38 bits per heavy atom. The third-order valence-corrected chi connectivity index (χ3v) is 7.22. The van der Waals surface area contributed by atoms with E-state index in [0.29, 0.717) is 5.56 Å². The van der Waals surface area contributed by atoms with Gasteiger partial charge >= 0.3 is 6.36 Å². The summed E-state index contributed by atoms with van der Waals surface area (Å²) < 4.78 is 56.4. The summed E-state index contributed by atoms with van der Waals surface area (Å²) in [5.74, 6) is -0.642. The molecule has 2 aliphatic heterocycles. The molecule has 0 unspecified atom stereocenters. The Hall–Kier alpha value is -3.70. The number of nitrogens with zero attached hydrogens (tertiary/aromatic N) is 3. The lowest BCUT2D eigenvalue weighted by Gasteiger charge is -2.32. The third-order valence-electron chi connectivity index (χ3n) is 7.22. The Morgan fingerprint density at radius 2 is 1.73 bits per heavy atom. The van der Waals surface area contributed by atoms with Gasteiger partial charge in [-0.1, -0.05) is 30.3 Å². The van der Waals surface area contributed by atoms with E-state index in [1.165, 1.54) is 24.3 Å². The average Bonchev–Trinajstić information content (AvgIpc) is 2.95. The van der Waals surface area contributed by atoms with Crippen LogP contribution in [0.15, 0.2) is 60.8 Å². The van der Waals surface area contributed by atoms with Crippen LogP contribution in [0.3, 0.4) is 0 Å². The number of ether oxygens (including phenoxy) is 1. The molecule has 0 saturated carbocycles. The van der Waals surface area contributed by atoms with E-state index in [0.717, 1.165) is 82.2 Å². The van der Waals surface area contributed by atoms with Crippen LogP contribution >= 0.6 is 0 Å². The van der Waals surface area contributed by atoms with E-state index in [1.807, 2.05) is 6.20 Å². The molecule has 212 valence electrons. The number of alkyl halides is 3. The van der Waals surface area contributed by atoms with E-state index in [1.54, 1.807) is 6.07 Å². The molecule has 2 fully saturated rings. The molecule has 0 aliphatic carbocycles. The van der Waals surface area contributed by atoms with Crippen molar-refractivity contribution in [1.29, 1.82) is 0 Å². The van der Waals surface area contributed by atoms with Gasteiger partial charge in [0.25, 0.3) is 5.91 Å². The lowest BCUT2D eigenvalue weighted by molar-refractivity contribution is -0.274. The van der Waals surface area contributed by atoms with Crippen LogP contribution in [0.2, 0.25) is 0 Å². The molecule has 5 rings (SSSR count). The average molecular weight is 558 g/mol. The largest absolute Gasteiger partial charge is 0.573 e. The number of aromatic nitrogens is 1. The highest BCUT2D eigenvalue weighted by molar-refractivity contribution is 5.96. The van der Waals surface area contributed by atoms with E-state index >= 15 is 4.39 Å². The number of amides is 1. The van der Waals surface area contributed by atoms with Gasteiger partial charge in [-0.25, -0.2) is 9.37 Å². The van der Waals surface area contributed by atoms with Crippen LogP contribution in [0.4, 0.5) is 23.4 Å². The first-order valence-corrected chi connectivity index (χ1v) is 13.3. The second kappa shape index (κ2) is 12.2. The van der Waals surface area contributed by atoms with E-state index < -0.39 is 23.8 Å². The molecule has 11 heteroatoms. The van der Waals surface area contributed by atoms with Crippen LogP contribution in [0, 0.1) is 5.82 Å². The monoisotopic (exact) mass is 557 g/mol. The van der Waals surface area contributed by atoms with Gasteiger partial charge in [-0.3, -0.25) is 9.69 Å². The number of hydrogen-bond donors (Lipinski definition) is 2. The molecule has 0 spiro atoms. The molecule has 2 N–H and O–H groups in total. The maximum atomic E-state index is 15.3. The van der Waals surface area contributed by atoms with Crippen molar-refractivity contribution in [2.75, 3.05) is 44.2 Å². The number of piperazine rings is 1. The minimum atomic E-state index is -4.81. The van der Waals surface area contributed by atoms with E-state index in [-0.39, 0.29) is 17.2 Å². The molecule has 0 radical (unpaired) electrons. The van der Waals surface area contributed by atoms with Crippen molar-refractivity contribution >= 4 is 11.7 Å². The van der Waals surface area contributed by atoms with Crippen molar-refractivity contribution in [1.82, 2.24) is 20.5 Å². The Morgan fingerprint density at radius 1 is 1.00 bits per heavy atom. The molecule has 3 heterocycles. The molecule has 40 heavy (non-hydrogen) atoms. The SMILES string of the molecule is O=C(NC1CCN(Cc2ccc(N3CCNCC3)nc2)CC1)c1cccc(-c2ccc(OC(F)(F)F)cc2)c1F. The van der Waals surface area contributed by atoms with Crippen LogP contribution in [-0.2, 0) is 6.54 Å². The van der Waals surface area contributed by atoms with Crippen LogP contribution in [0.5, 0.6) is 5.75 Å². The first kappa shape index (κ1) is 27.9. The Kier molecular flexibility index (Phi) is 8.51. The summed E-state index contributed by atoms with van der Waals surface area (Å²) in [4.78, 5) is 22.2. The Balaban J connectivity index is 1.14. The molecule has 3 aromatic rings. The lowest BCUT2D eigenvalue weighted by Crippen LogP contribution is -2.44. The number of likely N-dealkylation sites (tertiary alicyclic amines) is 1. The standard InChI is InChI=1S/C29H31F4N5O2/c30-27-24(21-5-7-23(8-6-21)40-29(31,32)33)2-1-3-25(27)28(39)36-22-10-14-37(15-11-22)19-20-4-9-26(35-18-20)38-16-12-34-13-17-38/h1-9,18,22,34H,10-17,19H2,(H,36,39). The van der Waals surface area contributed by atoms with Crippen molar-refractivity contribution < 1.29 is 27.1 Å². The zero-order chi connectivity index (χ0) is 28.1. The second-order valence-electron chi connectivity index (χ2n) is 10.0. The lowest BCUT2D eigenvalue weighted by atomic mass is 10.0. The second-order valence-corrected chi connectivity index (χ2v) is 10.0. The van der Waals surface area contributed by atoms with Gasteiger partial charge in [-0.05, 0) is 48.2 Å². The number of pyridine rings is 1. The molecule has 0 atom stereocenters. The van der Waals surface area contributed by atoms with Crippen molar-refractivity contribution in [2.24, 2.45) is 0 Å². The normalized spacial score (nSPS) is 17.1. The first-order chi connectivity index (χ1) is 19.2. The summed E-state index contributed by atoms with van der Waals surface area (Å²) in [5.41, 5.74) is 1.49. The van der Waals surface area contributed by atoms with Gasteiger partial charge in [0.2, 0.25) is 0 Å². The molecule has 0 bridgehead atoms. The predicted molar refractivity (Wildman–Crippen MR) is 144 cm³/mol. The number of hydrogen-bond acceptors (Lipinski definition) is 6.